The lowest BCUT2D eigenvalue weighted by atomic mass is 9.85. The van der Waals surface area contributed by atoms with Gasteiger partial charge in [0.25, 0.3) is 0 Å². The highest BCUT2D eigenvalue weighted by Crippen LogP contribution is 2.35. The van der Waals surface area contributed by atoms with Crippen molar-refractivity contribution >= 4 is 0 Å². The minimum atomic E-state index is 0.551. The number of nitrogens with one attached hydrogen (secondary N) is 1. The van der Waals surface area contributed by atoms with Crippen molar-refractivity contribution < 1.29 is 4.42 Å². The minimum absolute atomic E-state index is 0.551. The Kier molecular flexibility index (Phi) is 3.72. The zero-order valence-electron chi connectivity index (χ0n) is 9.33. The first-order chi connectivity index (χ1) is 7.40. The van der Waals surface area contributed by atoms with E-state index in [4.69, 9.17) is 4.42 Å². The van der Waals surface area contributed by atoms with E-state index in [2.05, 4.69) is 22.4 Å². The molecule has 0 bridgehead atoms. The summed E-state index contributed by atoms with van der Waals surface area (Å²) in [5, 5.41) is 11.5. The van der Waals surface area contributed by atoms with Gasteiger partial charge in [-0.2, -0.15) is 0 Å². The maximum Gasteiger partial charge on any atom is 0.219 e. The van der Waals surface area contributed by atoms with Crippen LogP contribution >= 0.6 is 0 Å². The van der Waals surface area contributed by atoms with Crippen LogP contribution in [-0.2, 0) is 6.42 Å². The molecule has 4 heteroatoms. The molecule has 1 aliphatic rings. The molecule has 1 heterocycles. The van der Waals surface area contributed by atoms with Gasteiger partial charge in [-0.3, -0.25) is 0 Å². The maximum absolute atomic E-state index is 5.61. The average molecular weight is 209 g/mol. The number of nitrogens with zero attached hydrogens (tertiary/aromatic N) is 2. The first kappa shape index (κ1) is 10.6. The molecule has 0 saturated heterocycles. The molecule has 1 saturated carbocycles. The molecular formula is C11H19N3O. The van der Waals surface area contributed by atoms with Crippen LogP contribution in [0, 0.1) is 0 Å². The monoisotopic (exact) mass is 209 g/mol. The van der Waals surface area contributed by atoms with E-state index >= 15 is 0 Å². The molecule has 0 unspecified atom stereocenters. The molecule has 0 amide bonds. The van der Waals surface area contributed by atoms with Crippen molar-refractivity contribution in [2.75, 3.05) is 13.1 Å². The van der Waals surface area contributed by atoms with Gasteiger partial charge in [-0.1, -0.05) is 13.3 Å². The van der Waals surface area contributed by atoms with Crippen molar-refractivity contribution in [3.8, 4) is 0 Å². The number of rotatable bonds is 6. The molecule has 0 spiro atoms. The Balaban J connectivity index is 1.74. The van der Waals surface area contributed by atoms with Crippen LogP contribution in [-0.4, -0.2) is 23.3 Å². The third-order valence-corrected chi connectivity index (χ3v) is 2.88. The number of aromatic nitrogens is 2. The summed E-state index contributed by atoms with van der Waals surface area (Å²) in [6, 6.07) is 0. The molecule has 1 N–H and O–H groups in total. The summed E-state index contributed by atoms with van der Waals surface area (Å²) in [5.41, 5.74) is 0. The maximum atomic E-state index is 5.61. The predicted octanol–water partition coefficient (Wildman–Crippen LogP) is 1.88. The second-order valence-electron chi connectivity index (χ2n) is 4.16. The van der Waals surface area contributed by atoms with Crippen molar-refractivity contribution in [2.24, 2.45) is 0 Å². The topological polar surface area (TPSA) is 51.0 Å². The summed E-state index contributed by atoms with van der Waals surface area (Å²) in [5.74, 6) is 2.18. The first-order valence-corrected chi connectivity index (χ1v) is 5.93. The van der Waals surface area contributed by atoms with E-state index in [1.165, 1.54) is 19.3 Å². The van der Waals surface area contributed by atoms with E-state index in [9.17, 15) is 0 Å². The third kappa shape index (κ3) is 2.78. The quantitative estimate of drug-likeness (QED) is 0.727. The fourth-order valence-electron chi connectivity index (χ4n) is 1.68. The van der Waals surface area contributed by atoms with Crippen LogP contribution in [0.2, 0.25) is 0 Å². The van der Waals surface area contributed by atoms with E-state index in [0.717, 1.165) is 37.7 Å². The Bertz CT molecular complexity index is 294. The highest BCUT2D eigenvalue weighted by Gasteiger charge is 2.24. The van der Waals surface area contributed by atoms with Crippen LogP contribution in [0.15, 0.2) is 4.42 Å². The van der Waals surface area contributed by atoms with Gasteiger partial charge in [-0.05, 0) is 25.8 Å². The summed E-state index contributed by atoms with van der Waals surface area (Å²) in [6.07, 6.45) is 5.75. The van der Waals surface area contributed by atoms with Gasteiger partial charge < -0.3 is 9.73 Å². The number of hydrogen-bond acceptors (Lipinski definition) is 4. The summed E-state index contributed by atoms with van der Waals surface area (Å²) < 4.78 is 5.61. The van der Waals surface area contributed by atoms with Gasteiger partial charge in [-0.15, -0.1) is 10.2 Å². The van der Waals surface area contributed by atoms with E-state index in [-0.39, 0.29) is 0 Å². The summed E-state index contributed by atoms with van der Waals surface area (Å²) in [4.78, 5) is 0. The van der Waals surface area contributed by atoms with Crippen LogP contribution in [0.25, 0.3) is 0 Å². The van der Waals surface area contributed by atoms with Gasteiger partial charge in [0.05, 0.1) is 0 Å². The molecular weight excluding hydrogens is 190 g/mol. The lowest BCUT2D eigenvalue weighted by Gasteiger charge is -2.20. The highest BCUT2D eigenvalue weighted by atomic mass is 16.4. The van der Waals surface area contributed by atoms with Crippen molar-refractivity contribution in [2.45, 2.75) is 44.9 Å². The fraction of sp³-hybridized carbons (Fsp3) is 0.818. The third-order valence-electron chi connectivity index (χ3n) is 2.88. The summed E-state index contributed by atoms with van der Waals surface area (Å²) in [7, 11) is 0. The zero-order valence-corrected chi connectivity index (χ0v) is 9.33. The van der Waals surface area contributed by atoms with E-state index in [1.807, 2.05) is 0 Å². The van der Waals surface area contributed by atoms with Crippen LogP contribution in [0.3, 0.4) is 0 Å². The first-order valence-electron chi connectivity index (χ1n) is 5.93. The molecule has 2 rings (SSSR count). The van der Waals surface area contributed by atoms with E-state index in [1.54, 1.807) is 0 Å². The fourth-order valence-corrected chi connectivity index (χ4v) is 1.68. The lowest BCUT2D eigenvalue weighted by Crippen LogP contribution is -2.17. The molecule has 1 fully saturated rings. The van der Waals surface area contributed by atoms with Crippen molar-refractivity contribution in [1.29, 1.82) is 0 Å². The van der Waals surface area contributed by atoms with Crippen LogP contribution in [0.5, 0.6) is 0 Å². The largest absolute Gasteiger partial charge is 0.425 e. The lowest BCUT2D eigenvalue weighted by molar-refractivity contribution is 0.324. The van der Waals surface area contributed by atoms with Crippen molar-refractivity contribution in [3.63, 3.8) is 0 Å². The predicted molar refractivity (Wildman–Crippen MR) is 57.8 cm³/mol. The van der Waals surface area contributed by atoms with Crippen LogP contribution < -0.4 is 5.32 Å². The van der Waals surface area contributed by atoms with Gasteiger partial charge in [0.1, 0.15) is 0 Å². The zero-order chi connectivity index (χ0) is 10.5. The van der Waals surface area contributed by atoms with Gasteiger partial charge >= 0.3 is 0 Å². The minimum Gasteiger partial charge on any atom is -0.425 e. The Morgan fingerprint density at radius 3 is 2.87 bits per heavy atom. The van der Waals surface area contributed by atoms with Crippen molar-refractivity contribution in [1.82, 2.24) is 15.5 Å². The van der Waals surface area contributed by atoms with Crippen LogP contribution in [0.1, 0.15) is 50.3 Å². The van der Waals surface area contributed by atoms with Crippen LogP contribution in [0.4, 0.5) is 0 Å². The normalized spacial score (nSPS) is 16.6. The van der Waals surface area contributed by atoms with Gasteiger partial charge in [-0.25, -0.2) is 0 Å². The molecule has 0 radical (unpaired) electrons. The molecule has 0 aromatic carbocycles. The van der Waals surface area contributed by atoms with E-state index < -0.39 is 0 Å². The van der Waals surface area contributed by atoms with Crippen molar-refractivity contribution in [3.05, 3.63) is 11.8 Å². The summed E-state index contributed by atoms with van der Waals surface area (Å²) in [6.45, 7) is 4.15. The summed E-state index contributed by atoms with van der Waals surface area (Å²) >= 11 is 0. The molecule has 0 aliphatic heterocycles. The number of hydrogen-bond donors (Lipinski definition) is 1. The highest BCUT2D eigenvalue weighted by molar-refractivity contribution is 4.96. The Morgan fingerprint density at radius 1 is 1.33 bits per heavy atom. The Hall–Kier alpha value is -0.900. The second-order valence-corrected chi connectivity index (χ2v) is 4.16. The standard InChI is InChI=1S/C11H19N3O/c1-2-7-12-8-6-10-13-14-11(15-10)9-4-3-5-9/h9,12H,2-8H2,1H3. The molecule has 1 aromatic heterocycles. The average Bonchev–Trinajstić information content (AvgIpc) is 2.58. The SMILES string of the molecule is CCCNCCc1nnc(C2CCC2)o1. The molecule has 84 valence electrons. The Morgan fingerprint density at radius 2 is 2.20 bits per heavy atom. The molecule has 1 aromatic rings. The Labute approximate surface area is 90.5 Å². The second kappa shape index (κ2) is 5.26. The van der Waals surface area contributed by atoms with Gasteiger partial charge in [0, 0.05) is 18.9 Å². The molecule has 15 heavy (non-hydrogen) atoms. The van der Waals surface area contributed by atoms with Gasteiger partial charge in [0.15, 0.2) is 0 Å². The molecule has 0 atom stereocenters. The van der Waals surface area contributed by atoms with E-state index in [0.29, 0.717) is 5.92 Å². The molecule has 4 nitrogen and oxygen atoms in total. The molecule has 1 aliphatic carbocycles. The van der Waals surface area contributed by atoms with Gasteiger partial charge in [0.2, 0.25) is 11.8 Å². The smallest absolute Gasteiger partial charge is 0.219 e.